The van der Waals surface area contributed by atoms with Crippen LogP contribution in [0.1, 0.15) is 39.3 Å². The lowest BCUT2D eigenvalue weighted by Crippen LogP contribution is -2.32. The van der Waals surface area contributed by atoms with Gasteiger partial charge in [0.2, 0.25) is 0 Å². The van der Waals surface area contributed by atoms with E-state index in [1.54, 1.807) is 0 Å². The first-order chi connectivity index (χ1) is 9.32. The summed E-state index contributed by atoms with van der Waals surface area (Å²) in [7, 11) is 0. The fourth-order valence-corrected chi connectivity index (χ4v) is 1.46. The molecule has 1 aromatic rings. The van der Waals surface area contributed by atoms with E-state index in [1.807, 2.05) is 27.7 Å². The fraction of sp³-hybridized carbons (Fsp3) is 0.467. The lowest BCUT2D eigenvalue weighted by atomic mass is 10.1. The lowest BCUT2D eigenvalue weighted by molar-refractivity contribution is 0.560. The van der Waals surface area contributed by atoms with Crippen LogP contribution in [-0.2, 0) is 0 Å². The number of hydrogen-bond donors (Lipinski definition) is 2. The van der Waals surface area contributed by atoms with Crippen LogP contribution in [-0.4, -0.2) is 16.1 Å². The number of aromatic amines is 1. The van der Waals surface area contributed by atoms with Crippen molar-refractivity contribution in [1.82, 2.24) is 14.9 Å². The van der Waals surface area contributed by atoms with E-state index >= 15 is 0 Å². The standard InChI is InChI=1S/C15H21N3O2/c1-10(2)12(5)16-8-6-7-13-9-18(11(3)4)15(20)17-14(13)19/h9-11,16H,5,8H2,1-4H3,(H,17,19,20). The van der Waals surface area contributed by atoms with Crippen molar-refractivity contribution in [3.05, 3.63) is 44.9 Å². The van der Waals surface area contributed by atoms with Crippen molar-refractivity contribution in [3.63, 3.8) is 0 Å². The highest BCUT2D eigenvalue weighted by Gasteiger charge is 2.05. The molecule has 5 heteroatoms. The molecule has 0 saturated carbocycles. The van der Waals surface area contributed by atoms with E-state index in [0.717, 1.165) is 5.70 Å². The third-order valence-corrected chi connectivity index (χ3v) is 2.85. The second-order valence-corrected chi connectivity index (χ2v) is 5.14. The molecule has 0 aromatic carbocycles. The number of aromatic nitrogens is 2. The van der Waals surface area contributed by atoms with E-state index in [1.165, 1.54) is 10.8 Å². The summed E-state index contributed by atoms with van der Waals surface area (Å²) in [4.78, 5) is 25.5. The number of nitrogens with zero attached hydrogens (tertiary/aromatic N) is 1. The van der Waals surface area contributed by atoms with Crippen LogP contribution in [0.2, 0.25) is 0 Å². The molecule has 0 bridgehead atoms. The summed E-state index contributed by atoms with van der Waals surface area (Å²) in [5, 5.41) is 3.07. The summed E-state index contributed by atoms with van der Waals surface area (Å²) in [6.45, 7) is 12.1. The molecule has 0 spiro atoms. The molecule has 1 heterocycles. The minimum atomic E-state index is -0.456. The van der Waals surface area contributed by atoms with Crippen molar-refractivity contribution in [2.75, 3.05) is 6.54 Å². The Labute approximate surface area is 118 Å². The van der Waals surface area contributed by atoms with Gasteiger partial charge in [0.05, 0.1) is 6.54 Å². The van der Waals surface area contributed by atoms with Crippen molar-refractivity contribution < 1.29 is 0 Å². The zero-order valence-corrected chi connectivity index (χ0v) is 12.4. The first-order valence-electron chi connectivity index (χ1n) is 6.60. The Morgan fingerprint density at radius 3 is 2.60 bits per heavy atom. The van der Waals surface area contributed by atoms with Crippen LogP contribution in [0.15, 0.2) is 28.1 Å². The Morgan fingerprint density at radius 2 is 2.05 bits per heavy atom. The number of hydrogen-bond acceptors (Lipinski definition) is 3. The first-order valence-corrected chi connectivity index (χ1v) is 6.60. The van der Waals surface area contributed by atoms with Crippen molar-refractivity contribution in [1.29, 1.82) is 0 Å². The zero-order chi connectivity index (χ0) is 15.3. The molecule has 0 unspecified atom stereocenters. The molecule has 1 aromatic heterocycles. The number of H-pyrrole nitrogens is 1. The summed E-state index contributed by atoms with van der Waals surface area (Å²) in [5.41, 5.74) is 0.319. The van der Waals surface area contributed by atoms with E-state index < -0.39 is 11.2 Å². The van der Waals surface area contributed by atoms with Crippen LogP contribution in [0, 0.1) is 17.8 Å². The summed E-state index contributed by atoms with van der Waals surface area (Å²) in [5.74, 6) is 5.97. The predicted octanol–water partition coefficient (Wildman–Crippen LogP) is 1.23. The van der Waals surface area contributed by atoms with Crippen LogP contribution >= 0.6 is 0 Å². The molecule has 0 aliphatic heterocycles. The largest absolute Gasteiger partial charge is 0.378 e. The Balaban J connectivity index is 2.89. The van der Waals surface area contributed by atoms with Crippen molar-refractivity contribution >= 4 is 0 Å². The van der Waals surface area contributed by atoms with Crippen LogP contribution in [0.5, 0.6) is 0 Å². The maximum Gasteiger partial charge on any atom is 0.328 e. The van der Waals surface area contributed by atoms with E-state index in [4.69, 9.17) is 0 Å². The highest BCUT2D eigenvalue weighted by molar-refractivity contribution is 5.30. The predicted molar refractivity (Wildman–Crippen MR) is 80.6 cm³/mol. The van der Waals surface area contributed by atoms with Crippen LogP contribution in [0.4, 0.5) is 0 Å². The lowest BCUT2D eigenvalue weighted by Gasteiger charge is -2.09. The van der Waals surface area contributed by atoms with Gasteiger partial charge in [-0.25, -0.2) is 4.79 Å². The van der Waals surface area contributed by atoms with Gasteiger partial charge >= 0.3 is 5.69 Å². The monoisotopic (exact) mass is 275 g/mol. The molecule has 0 saturated heterocycles. The van der Waals surface area contributed by atoms with Gasteiger partial charge in [0.1, 0.15) is 5.56 Å². The van der Waals surface area contributed by atoms with Crippen molar-refractivity contribution in [3.8, 4) is 11.8 Å². The van der Waals surface area contributed by atoms with E-state index in [9.17, 15) is 9.59 Å². The molecule has 0 radical (unpaired) electrons. The molecule has 0 aliphatic carbocycles. The highest BCUT2D eigenvalue weighted by atomic mass is 16.2. The van der Waals surface area contributed by atoms with Crippen molar-refractivity contribution in [2.45, 2.75) is 33.7 Å². The Hall–Kier alpha value is -2.22. The molecule has 0 atom stereocenters. The first kappa shape index (κ1) is 15.8. The van der Waals surface area contributed by atoms with Gasteiger partial charge in [-0.05, 0) is 19.8 Å². The molecule has 108 valence electrons. The Bertz CT molecular complexity index is 654. The van der Waals surface area contributed by atoms with Crippen LogP contribution in [0.3, 0.4) is 0 Å². The fourth-order valence-electron chi connectivity index (χ4n) is 1.46. The molecule has 0 aliphatic rings. The Kier molecular flexibility index (Phi) is 5.39. The average molecular weight is 275 g/mol. The topological polar surface area (TPSA) is 66.9 Å². The maximum absolute atomic E-state index is 11.6. The number of allylic oxidation sites excluding steroid dienone is 1. The molecule has 1 rings (SSSR count). The Morgan fingerprint density at radius 1 is 1.40 bits per heavy atom. The van der Waals surface area contributed by atoms with Gasteiger partial charge in [-0.1, -0.05) is 32.3 Å². The maximum atomic E-state index is 11.6. The van der Waals surface area contributed by atoms with Gasteiger partial charge in [-0.3, -0.25) is 14.3 Å². The molecular formula is C15H21N3O2. The number of rotatable bonds is 4. The van der Waals surface area contributed by atoms with Crippen molar-refractivity contribution in [2.24, 2.45) is 5.92 Å². The summed E-state index contributed by atoms with van der Waals surface area (Å²) in [6.07, 6.45) is 1.50. The van der Waals surface area contributed by atoms with Gasteiger partial charge in [0.15, 0.2) is 0 Å². The summed E-state index contributed by atoms with van der Waals surface area (Å²) in [6, 6.07) is -0.0289. The molecule has 20 heavy (non-hydrogen) atoms. The molecule has 0 amide bonds. The second kappa shape index (κ2) is 6.80. The SMILES string of the molecule is C=C(NCC#Cc1cn(C(C)C)c(=O)[nH]c1=O)C(C)C. The molecular weight excluding hydrogens is 254 g/mol. The quantitative estimate of drug-likeness (QED) is 0.812. The van der Waals surface area contributed by atoms with E-state index in [-0.39, 0.29) is 11.6 Å². The third kappa shape index (κ3) is 4.16. The third-order valence-electron chi connectivity index (χ3n) is 2.85. The summed E-state index contributed by atoms with van der Waals surface area (Å²) < 4.78 is 1.45. The average Bonchev–Trinajstić information content (AvgIpc) is 2.35. The van der Waals surface area contributed by atoms with Gasteiger partial charge in [-0.15, -0.1) is 0 Å². The van der Waals surface area contributed by atoms with E-state index in [2.05, 4.69) is 28.7 Å². The van der Waals surface area contributed by atoms with Crippen LogP contribution < -0.4 is 16.6 Å². The number of nitrogens with one attached hydrogen (secondary N) is 2. The smallest absolute Gasteiger partial charge is 0.328 e. The second-order valence-electron chi connectivity index (χ2n) is 5.14. The minimum Gasteiger partial charge on any atom is -0.378 e. The molecule has 5 nitrogen and oxygen atoms in total. The molecule has 0 fully saturated rings. The van der Waals surface area contributed by atoms with E-state index in [0.29, 0.717) is 12.5 Å². The summed E-state index contributed by atoms with van der Waals surface area (Å²) >= 11 is 0. The highest BCUT2D eigenvalue weighted by Crippen LogP contribution is 2.01. The van der Waals surface area contributed by atoms with Gasteiger partial charge in [0.25, 0.3) is 5.56 Å². The van der Waals surface area contributed by atoms with Gasteiger partial charge < -0.3 is 5.32 Å². The normalized spacial score (nSPS) is 10.3. The van der Waals surface area contributed by atoms with Gasteiger partial charge in [-0.2, -0.15) is 0 Å². The van der Waals surface area contributed by atoms with Crippen LogP contribution in [0.25, 0.3) is 0 Å². The van der Waals surface area contributed by atoms with Gasteiger partial charge in [0, 0.05) is 17.9 Å². The zero-order valence-electron chi connectivity index (χ0n) is 12.4. The molecule has 2 N–H and O–H groups in total. The minimum absolute atomic E-state index is 0.0289.